The molecule has 88 valence electrons. The van der Waals surface area contributed by atoms with Gasteiger partial charge in [-0.15, -0.1) is 6.58 Å². The predicted molar refractivity (Wildman–Crippen MR) is 55.6 cm³/mol. The SMILES string of the molecule is C=CCC(=O)N1CCNC(=O)C1CC(=O)O. The molecule has 1 saturated heterocycles. The van der Waals surface area contributed by atoms with Gasteiger partial charge in [0.2, 0.25) is 11.8 Å². The number of carboxylic acid groups (broad SMARTS) is 1. The summed E-state index contributed by atoms with van der Waals surface area (Å²) in [6.07, 6.45) is 1.19. The molecule has 16 heavy (non-hydrogen) atoms. The molecule has 0 aromatic carbocycles. The monoisotopic (exact) mass is 226 g/mol. The number of hydrogen-bond donors (Lipinski definition) is 2. The largest absolute Gasteiger partial charge is 0.481 e. The van der Waals surface area contributed by atoms with Gasteiger partial charge in [-0.05, 0) is 0 Å². The number of hydrogen-bond acceptors (Lipinski definition) is 3. The molecule has 0 radical (unpaired) electrons. The molecule has 2 amide bonds. The van der Waals surface area contributed by atoms with Crippen LogP contribution in [0.15, 0.2) is 12.7 Å². The first kappa shape index (κ1) is 12.2. The van der Waals surface area contributed by atoms with Crippen LogP contribution in [0.3, 0.4) is 0 Å². The minimum atomic E-state index is -1.10. The molecule has 0 saturated carbocycles. The molecular formula is C10H14N2O4. The lowest BCUT2D eigenvalue weighted by atomic mass is 10.1. The Hall–Kier alpha value is -1.85. The lowest BCUT2D eigenvalue weighted by Crippen LogP contribution is -2.57. The van der Waals surface area contributed by atoms with Gasteiger partial charge in [0, 0.05) is 19.5 Å². The number of nitrogens with zero attached hydrogens (tertiary/aromatic N) is 1. The van der Waals surface area contributed by atoms with Crippen molar-refractivity contribution in [1.82, 2.24) is 10.2 Å². The van der Waals surface area contributed by atoms with Crippen LogP contribution in [0, 0.1) is 0 Å². The molecule has 0 aromatic rings. The smallest absolute Gasteiger partial charge is 0.305 e. The van der Waals surface area contributed by atoms with Crippen molar-refractivity contribution in [3.05, 3.63) is 12.7 Å². The Morgan fingerprint density at radius 2 is 2.31 bits per heavy atom. The second-order valence-electron chi connectivity index (χ2n) is 3.48. The minimum absolute atomic E-state index is 0.114. The Kier molecular flexibility index (Phi) is 4.04. The van der Waals surface area contributed by atoms with Crippen molar-refractivity contribution in [2.45, 2.75) is 18.9 Å². The van der Waals surface area contributed by atoms with Crippen molar-refractivity contribution >= 4 is 17.8 Å². The standard InChI is InChI=1S/C10H14N2O4/c1-2-3-8(13)12-5-4-11-10(16)7(12)6-9(14)15/h2,7H,1,3-6H2,(H,11,16)(H,14,15). The molecule has 1 rings (SSSR count). The number of carbonyl (C=O) groups excluding carboxylic acids is 2. The molecule has 1 aliphatic heterocycles. The topological polar surface area (TPSA) is 86.7 Å². The second kappa shape index (κ2) is 5.29. The fraction of sp³-hybridized carbons (Fsp3) is 0.500. The summed E-state index contributed by atoms with van der Waals surface area (Å²) in [5.74, 6) is -1.78. The molecule has 0 aromatic heterocycles. The van der Waals surface area contributed by atoms with Crippen LogP contribution < -0.4 is 5.32 Å². The highest BCUT2D eigenvalue weighted by Gasteiger charge is 2.33. The number of aliphatic carboxylic acids is 1. The Morgan fingerprint density at radius 1 is 1.62 bits per heavy atom. The molecular weight excluding hydrogens is 212 g/mol. The van der Waals surface area contributed by atoms with Crippen LogP contribution in [0.2, 0.25) is 0 Å². The van der Waals surface area contributed by atoms with Gasteiger partial charge in [-0.25, -0.2) is 0 Å². The van der Waals surface area contributed by atoms with E-state index in [2.05, 4.69) is 11.9 Å². The summed E-state index contributed by atoms with van der Waals surface area (Å²) < 4.78 is 0. The van der Waals surface area contributed by atoms with E-state index in [1.54, 1.807) is 0 Å². The zero-order chi connectivity index (χ0) is 12.1. The lowest BCUT2D eigenvalue weighted by molar-refractivity contribution is -0.148. The zero-order valence-electron chi connectivity index (χ0n) is 8.81. The zero-order valence-corrected chi connectivity index (χ0v) is 8.81. The maximum absolute atomic E-state index is 11.6. The van der Waals surface area contributed by atoms with Crippen molar-refractivity contribution in [2.24, 2.45) is 0 Å². The van der Waals surface area contributed by atoms with Crippen molar-refractivity contribution in [3.8, 4) is 0 Å². The van der Waals surface area contributed by atoms with E-state index in [-0.39, 0.29) is 18.7 Å². The number of carboxylic acids is 1. The van der Waals surface area contributed by atoms with Gasteiger partial charge in [0.25, 0.3) is 0 Å². The van der Waals surface area contributed by atoms with Crippen molar-refractivity contribution in [3.63, 3.8) is 0 Å². The fourth-order valence-electron chi connectivity index (χ4n) is 1.62. The maximum Gasteiger partial charge on any atom is 0.305 e. The molecule has 1 atom stereocenters. The van der Waals surface area contributed by atoms with Gasteiger partial charge in [-0.2, -0.15) is 0 Å². The molecule has 1 heterocycles. The quantitative estimate of drug-likeness (QED) is 0.624. The molecule has 6 heteroatoms. The van der Waals surface area contributed by atoms with E-state index in [0.29, 0.717) is 13.1 Å². The normalized spacial score (nSPS) is 20.1. The van der Waals surface area contributed by atoms with E-state index >= 15 is 0 Å². The molecule has 0 aliphatic carbocycles. The van der Waals surface area contributed by atoms with Gasteiger partial charge in [0.15, 0.2) is 0 Å². The summed E-state index contributed by atoms with van der Waals surface area (Å²) in [5, 5.41) is 11.2. The van der Waals surface area contributed by atoms with Crippen LogP contribution in [0.1, 0.15) is 12.8 Å². The average Bonchev–Trinajstić information content (AvgIpc) is 2.20. The second-order valence-corrected chi connectivity index (χ2v) is 3.48. The lowest BCUT2D eigenvalue weighted by Gasteiger charge is -2.34. The molecule has 1 aliphatic rings. The highest BCUT2D eigenvalue weighted by Crippen LogP contribution is 2.10. The predicted octanol–water partition coefficient (Wildman–Crippen LogP) is -0.636. The third-order valence-electron chi connectivity index (χ3n) is 2.34. The van der Waals surface area contributed by atoms with Gasteiger partial charge < -0.3 is 15.3 Å². The third-order valence-corrected chi connectivity index (χ3v) is 2.34. The summed E-state index contributed by atoms with van der Waals surface area (Å²) in [5.41, 5.74) is 0. The summed E-state index contributed by atoms with van der Waals surface area (Å²) in [6, 6.07) is -0.904. The number of amides is 2. The van der Waals surface area contributed by atoms with Crippen LogP contribution in [0.25, 0.3) is 0 Å². The van der Waals surface area contributed by atoms with Crippen LogP contribution in [-0.4, -0.2) is 46.9 Å². The van der Waals surface area contributed by atoms with Crippen molar-refractivity contribution in [1.29, 1.82) is 0 Å². The molecule has 2 N–H and O–H groups in total. The van der Waals surface area contributed by atoms with E-state index in [4.69, 9.17) is 5.11 Å². The molecule has 1 unspecified atom stereocenters. The van der Waals surface area contributed by atoms with Crippen LogP contribution >= 0.6 is 0 Å². The van der Waals surface area contributed by atoms with Crippen LogP contribution in [-0.2, 0) is 14.4 Å². The van der Waals surface area contributed by atoms with Gasteiger partial charge in [0.05, 0.1) is 6.42 Å². The van der Waals surface area contributed by atoms with E-state index in [0.717, 1.165) is 0 Å². The molecule has 0 spiro atoms. The first-order chi connectivity index (χ1) is 7.56. The first-order valence-corrected chi connectivity index (χ1v) is 4.96. The number of carbonyl (C=O) groups is 3. The molecule has 0 bridgehead atoms. The van der Waals surface area contributed by atoms with Gasteiger partial charge in [0.1, 0.15) is 6.04 Å². The first-order valence-electron chi connectivity index (χ1n) is 4.96. The molecule has 1 fully saturated rings. The Bertz CT molecular complexity index is 327. The van der Waals surface area contributed by atoms with Gasteiger partial charge >= 0.3 is 5.97 Å². The highest BCUT2D eigenvalue weighted by atomic mass is 16.4. The highest BCUT2D eigenvalue weighted by molar-refractivity contribution is 5.91. The maximum atomic E-state index is 11.6. The van der Waals surface area contributed by atoms with Gasteiger partial charge in [-0.1, -0.05) is 6.08 Å². The summed E-state index contributed by atoms with van der Waals surface area (Å²) in [4.78, 5) is 35.0. The molecule has 6 nitrogen and oxygen atoms in total. The van der Waals surface area contributed by atoms with Gasteiger partial charge in [-0.3, -0.25) is 14.4 Å². The van der Waals surface area contributed by atoms with Crippen LogP contribution in [0.5, 0.6) is 0 Å². The number of piperazine rings is 1. The van der Waals surface area contributed by atoms with E-state index in [9.17, 15) is 14.4 Å². The summed E-state index contributed by atoms with van der Waals surface area (Å²) in [7, 11) is 0. The van der Waals surface area contributed by atoms with E-state index < -0.39 is 17.9 Å². The van der Waals surface area contributed by atoms with Crippen LogP contribution in [0.4, 0.5) is 0 Å². The minimum Gasteiger partial charge on any atom is -0.481 e. The summed E-state index contributed by atoms with van der Waals surface area (Å²) in [6.45, 7) is 4.14. The number of nitrogens with one attached hydrogen (secondary N) is 1. The fourth-order valence-corrected chi connectivity index (χ4v) is 1.62. The van der Waals surface area contributed by atoms with Crippen molar-refractivity contribution in [2.75, 3.05) is 13.1 Å². The van der Waals surface area contributed by atoms with E-state index in [1.165, 1.54) is 11.0 Å². The number of rotatable bonds is 4. The Labute approximate surface area is 92.9 Å². The Morgan fingerprint density at radius 3 is 2.88 bits per heavy atom. The average molecular weight is 226 g/mol. The Balaban J connectivity index is 2.77. The summed E-state index contributed by atoms with van der Waals surface area (Å²) >= 11 is 0. The van der Waals surface area contributed by atoms with E-state index in [1.807, 2.05) is 0 Å². The van der Waals surface area contributed by atoms with Crippen molar-refractivity contribution < 1.29 is 19.5 Å². The third kappa shape index (κ3) is 2.82.